The smallest absolute Gasteiger partial charge is 0.407 e. The van der Waals surface area contributed by atoms with E-state index >= 15 is 0 Å². The van der Waals surface area contributed by atoms with E-state index in [1.165, 1.54) is 7.11 Å². The van der Waals surface area contributed by atoms with Gasteiger partial charge in [0.25, 0.3) is 0 Å². The van der Waals surface area contributed by atoms with Crippen molar-refractivity contribution >= 4 is 12.0 Å². The van der Waals surface area contributed by atoms with Gasteiger partial charge >= 0.3 is 6.09 Å². The van der Waals surface area contributed by atoms with Crippen LogP contribution in [-0.4, -0.2) is 42.6 Å². The van der Waals surface area contributed by atoms with Gasteiger partial charge in [-0.15, -0.1) is 0 Å². The summed E-state index contributed by atoms with van der Waals surface area (Å²) in [5, 5.41) is 2.75. The lowest BCUT2D eigenvalue weighted by Gasteiger charge is -2.30. The van der Waals surface area contributed by atoms with Gasteiger partial charge in [-0.25, -0.2) is 4.79 Å². The molecule has 1 aliphatic carbocycles. The summed E-state index contributed by atoms with van der Waals surface area (Å²) in [6.45, 7) is 2.89. The lowest BCUT2D eigenvalue weighted by molar-refractivity contribution is -0.135. The molecule has 2 atom stereocenters. The third kappa shape index (κ3) is 3.19. The number of carbonyl (C=O) groups excluding carboxylic acids is 2. The number of nitrogens with one attached hydrogen (secondary N) is 1. The number of carbonyl (C=O) groups is 2. The molecule has 1 N–H and O–H groups in total. The molecule has 0 radical (unpaired) electrons. The zero-order valence-electron chi connectivity index (χ0n) is 11.9. The second-order valence-corrected chi connectivity index (χ2v) is 5.68. The minimum absolute atomic E-state index is 0.0716. The molecule has 5 nitrogen and oxygen atoms in total. The third-order valence-electron chi connectivity index (χ3n) is 4.43. The first-order valence-corrected chi connectivity index (χ1v) is 7.28. The summed E-state index contributed by atoms with van der Waals surface area (Å²) in [6.07, 6.45) is 5.94. The summed E-state index contributed by atoms with van der Waals surface area (Å²) in [7, 11) is 1.34. The molecule has 5 heteroatoms. The molecule has 108 valence electrons. The van der Waals surface area contributed by atoms with Crippen molar-refractivity contribution in [3.05, 3.63) is 0 Å². The van der Waals surface area contributed by atoms with Crippen LogP contribution in [-0.2, 0) is 9.53 Å². The van der Waals surface area contributed by atoms with Gasteiger partial charge in [0.1, 0.15) is 6.04 Å². The number of likely N-dealkylation sites (tertiary alicyclic amines) is 1. The van der Waals surface area contributed by atoms with Gasteiger partial charge in [0.15, 0.2) is 0 Å². The highest BCUT2D eigenvalue weighted by Gasteiger charge is 2.37. The molecule has 0 spiro atoms. The Labute approximate surface area is 114 Å². The number of ether oxygens (including phenoxy) is 1. The molecule has 2 amide bonds. The first-order valence-electron chi connectivity index (χ1n) is 7.28. The van der Waals surface area contributed by atoms with Gasteiger partial charge in [-0.2, -0.15) is 0 Å². The molecule has 0 aromatic rings. The van der Waals surface area contributed by atoms with Crippen LogP contribution in [0.25, 0.3) is 0 Å². The molecule has 1 heterocycles. The van der Waals surface area contributed by atoms with Gasteiger partial charge in [-0.3, -0.25) is 4.79 Å². The number of rotatable bonds is 3. The predicted molar refractivity (Wildman–Crippen MR) is 71.7 cm³/mol. The fourth-order valence-corrected chi connectivity index (χ4v) is 3.30. The van der Waals surface area contributed by atoms with Gasteiger partial charge < -0.3 is 15.0 Å². The van der Waals surface area contributed by atoms with Crippen molar-refractivity contribution < 1.29 is 14.3 Å². The van der Waals surface area contributed by atoms with Crippen LogP contribution in [0, 0.1) is 5.92 Å². The molecule has 2 rings (SSSR count). The van der Waals surface area contributed by atoms with Crippen molar-refractivity contribution in [2.24, 2.45) is 5.92 Å². The quantitative estimate of drug-likeness (QED) is 0.850. The molecule has 0 aromatic carbocycles. The normalized spacial score (nSPS) is 25.4. The number of methoxy groups -OCH3 is 1. The minimum Gasteiger partial charge on any atom is -0.453 e. The fraction of sp³-hybridized carbons (Fsp3) is 0.857. The van der Waals surface area contributed by atoms with Crippen LogP contribution in [0.15, 0.2) is 0 Å². The van der Waals surface area contributed by atoms with Crippen molar-refractivity contribution in [1.29, 1.82) is 0 Å². The zero-order chi connectivity index (χ0) is 13.8. The van der Waals surface area contributed by atoms with Gasteiger partial charge in [0.2, 0.25) is 5.91 Å². The second-order valence-electron chi connectivity index (χ2n) is 5.68. The van der Waals surface area contributed by atoms with E-state index in [0.717, 1.165) is 45.1 Å². The molecule has 0 bridgehead atoms. The van der Waals surface area contributed by atoms with Crippen molar-refractivity contribution in [2.75, 3.05) is 13.7 Å². The molecule has 2 aliphatic rings. The van der Waals surface area contributed by atoms with Crippen LogP contribution in [0.3, 0.4) is 0 Å². The van der Waals surface area contributed by atoms with E-state index in [2.05, 4.69) is 17.0 Å². The number of nitrogens with zero attached hydrogens (tertiary/aromatic N) is 1. The minimum atomic E-state index is -0.503. The van der Waals surface area contributed by atoms with Gasteiger partial charge in [0, 0.05) is 12.6 Å². The van der Waals surface area contributed by atoms with Crippen molar-refractivity contribution in [3.63, 3.8) is 0 Å². The average Bonchev–Trinajstić information content (AvgIpc) is 3.05. The van der Waals surface area contributed by atoms with Crippen LogP contribution < -0.4 is 5.32 Å². The second kappa shape index (κ2) is 6.26. The Bertz CT molecular complexity index is 340. The van der Waals surface area contributed by atoms with E-state index in [9.17, 15) is 9.59 Å². The first-order chi connectivity index (χ1) is 9.13. The highest BCUT2D eigenvalue weighted by Crippen LogP contribution is 2.30. The van der Waals surface area contributed by atoms with Crippen LogP contribution in [0.4, 0.5) is 4.79 Å². The highest BCUT2D eigenvalue weighted by molar-refractivity contribution is 5.86. The Hall–Kier alpha value is -1.26. The molecular weight excluding hydrogens is 244 g/mol. The number of hydrogen-bond donors (Lipinski definition) is 1. The molecular formula is C14H24N2O3. The monoisotopic (exact) mass is 268 g/mol. The number of alkyl carbamates (subject to hydrolysis) is 1. The van der Waals surface area contributed by atoms with Crippen LogP contribution in [0.2, 0.25) is 0 Å². The van der Waals surface area contributed by atoms with Crippen molar-refractivity contribution in [3.8, 4) is 0 Å². The Morgan fingerprint density at radius 2 is 1.89 bits per heavy atom. The lowest BCUT2D eigenvalue weighted by atomic mass is 9.96. The zero-order valence-corrected chi connectivity index (χ0v) is 11.9. The first kappa shape index (κ1) is 14.2. The average molecular weight is 268 g/mol. The Morgan fingerprint density at radius 1 is 1.21 bits per heavy atom. The summed E-state index contributed by atoms with van der Waals surface area (Å²) in [4.78, 5) is 26.0. The SMILES string of the molecule is COC(=O)N[C@H](C(=O)N1CCC[C@H]1C)C1CCCC1. The Kier molecular flexibility index (Phi) is 4.66. The van der Waals surface area contributed by atoms with E-state index < -0.39 is 12.1 Å². The van der Waals surface area contributed by atoms with E-state index in [1.807, 2.05) is 4.90 Å². The van der Waals surface area contributed by atoms with E-state index in [4.69, 9.17) is 0 Å². The maximum absolute atomic E-state index is 12.7. The van der Waals surface area contributed by atoms with E-state index in [1.54, 1.807) is 0 Å². The maximum atomic E-state index is 12.7. The summed E-state index contributed by atoms with van der Waals surface area (Å²) < 4.78 is 4.66. The fourth-order valence-electron chi connectivity index (χ4n) is 3.30. The number of amides is 2. The van der Waals surface area contributed by atoms with Gasteiger partial charge in [-0.05, 0) is 38.5 Å². The van der Waals surface area contributed by atoms with Crippen molar-refractivity contribution in [1.82, 2.24) is 10.2 Å². The molecule has 1 saturated heterocycles. The standard InChI is InChI=1S/C14H24N2O3/c1-10-6-5-9-16(10)13(17)12(15-14(18)19-2)11-7-3-4-8-11/h10-12H,3-9H2,1-2H3,(H,15,18)/t10-,12+/m1/s1. The maximum Gasteiger partial charge on any atom is 0.407 e. The molecule has 19 heavy (non-hydrogen) atoms. The Morgan fingerprint density at radius 3 is 2.42 bits per heavy atom. The summed E-state index contributed by atoms with van der Waals surface area (Å²) >= 11 is 0. The predicted octanol–water partition coefficient (Wildman–Crippen LogP) is 1.91. The van der Waals surface area contributed by atoms with E-state index in [-0.39, 0.29) is 17.9 Å². The summed E-state index contributed by atoms with van der Waals surface area (Å²) in [5.74, 6) is 0.335. The highest BCUT2D eigenvalue weighted by atomic mass is 16.5. The largest absolute Gasteiger partial charge is 0.453 e. The molecule has 1 saturated carbocycles. The summed E-state index contributed by atoms with van der Waals surface area (Å²) in [5.41, 5.74) is 0. The lowest BCUT2D eigenvalue weighted by Crippen LogP contribution is -2.52. The summed E-state index contributed by atoms with van der Waals surface area (Å²) in [6, 6.07) is -0.119. The number of hydrogen-bond acceptors (Lipinski definition) is 3. The topological polar surface area (TPSA) is 58.6 Å². The van der Waals surface area contributed by atoms with E-state index in [0.29, 0.717) is 0 Å². The molecule has 2 fully saturated rings. The third-order valence-corrected chi connectivity index (χ3v) is 4.43. The van der Waals surface area contributed by atoms with Crippen LogP contribution in [0.5, 0.6) is 0 Å². The molecule has 0 aromatic heterocycles. The van der Waals surface area contributed by atoms with Crippen LogP contribution >= 0.6 is 0 Å². The van der Waals surface area contributed by atoms with Crippen LogP contribution in [0.1, 0.15) is 45.4 Å². The molecule has 0 unspecified atom stereocenters. The van der Waals surface area contributed by atoms with Gasteiger partial charge in [0.05, 0.1) is 7.11 Å². The van der Waals surface area contributed by atoms with Gasteiger partial charge in [-0.1, -0.05) is 12.8 Å². The van der Waals surface area contributed by atoms with Crippen molar-refractivity contribution in [2.45, 2.75) is 57.5 Å². The Balaban J connectivity index is 2.06. The molecule has 1 aliphatic heterocycles.